The van der Waals surface area contributed by atoms with E-state index in [1.54, 1.807) is 16.8 Å². The number of thioether (sulfide) groups is 1. The molecule has 0 atom stereocenters. The lowest BCUT2D eigenvalue weighted by Gasteiger charge is -2.18. The minimum atomic E-state index is -2.83. The molecule has 1 aromatic rings. The van der Waals surface area contributed by atoms with Crippen LogP contribution in [0.2, 0.25) is 0 Å². The third-order valence-electron chi connectivity index (χ3n) is 5.85. The molecule has 31 heavy (non-hydrogen) atoms. The van der Waals surface area contributed by atoms with Crippen LogP contribution in [0.25, 0.3) is 5.57 Å². The van der Waals surface area contributed by atoms with E-state index in [9.17, 15) is 8.78 Å². The Morgan fingerprint density at radius 1 is 1.23 bits per heavy atom. The molecule has 0 spiro atoms. The van der Waals surface area contributed by atoms with Crippen LogP contribution in [-0.4, -0.2) is 4.70 Å². The highest BCUT2D eigenvalue weighted by atomic mass is 32.2. The SMILES string of the molecule is C=C(C)/C(=C\C1=CC=C(c2cccc(C(C)(F)F)c2)C1)SC=S.CCC1CCCCC1. The quantitative estimate of drug-likeness (QED) is 0.293. The van der Waals surface area contributed by atoms with Crippen molar-refractivity contribution in [3.8, 4) is 0 Å². The van der Waals surface area contributed by atoms with Crippen LogP contribution in [0.4, 0.5) is 8.78 Å². The highest BCUT2D eigenvalue weighted by Crippen LogP contribution is 2.34. The molecule has 1 aromatic carbocycles. The predicted octanol–water partition coefficient (Wildman–Crippen LogP) is 9.64. The highest BCUT2D eigenvalue weighted by molar-refractivity contribution is 8.23. The zero-order valence-corrected chi connectivity index (χ0v) is 20.6. The predicted molar refractivity (Wildman–Crippen MR) is 138 cm³/mol. The van der Waals surface area contributed by atoms with Crippen molar-refractivity contribution in [2.24, 2.45) is 5.92 Å². The number of benzene rings is 1. The standard InChI is InChI=1S/C19H18F2S2.C8H16/c1-13(2)18(23-12-22)10-14-7-8-16(9-14)15-5-4-6-17(11-15)19(3,20)21;1-2-8-6-4-3-5-7-8/h4-8,10-12H,1,9H2,2-3H3;8H,2-7H2,1H3/b18-10+;. The first-order valence-corrected chi connectivity index (χ1v) is 12.5. The molecule has 0 saturated heterocycles. The van der Waals surface area contributed by atoms with E-state index in [0.29, 0.717) is 6.42 Å². The van der Waals surface area contributed by atoms with Gasteiger partial charge in [-0.1, -0.05) is 106 Å². The number of thiocarbonyl (C=S) groups is 1. The van der Waals surface area contributed by atoms with Gasteiger partial charge in [0.25, 0.3) is 5.92 Å². The van der Waals surface area contributed by atoms with Gasteiger partial charge in [-0.15, -0.1) is 0 Å². The van der Waals surface area contributed by atoms with Crippen LogP contribution in [0, 0.1) is 5.92 Å². The summed E-state index contributed by atoms with van der Waals surface area (Å²) in [5.74, 6) is -1.74. The summed E-state index contributed by atoms with van der Waals surface area (Å²) in [7, 11) is 0. The molecule has 0 radical (unpaired) electrons. The average Bonchev–Trinajstić information content (AvgIpc) is 3.22. The fraction of sp³-hybridized carbons (Fsp3) is 0.444. The molecule has 0 bridgehead atoms. The molecule has 2 aliphatic carbocycles. The molecule has 0 N–H and O–H groups in total. The van der Waals surface area contributed by atoms with Crippen LogP contribution in [0.5, 0.6) is 0 Å². The van der Waals surface area contributed by atoms with Gasteiger partial charge in [0.2, 0.25) is 0 Å². The summed E-state index contributed by atoms with van der Waals surface area (Å²) in [4.78, 5) is 1.02. The maximum atomic E-state index is 13.5. The Bertz CT molecular complexity index is 850. The summed E-state index contributed by atoms with van der Waals surface area (Å²) < 4.78 is 28.6. The lowest BCUT2D eigenvalue weighted by atomic mass is 9.88. The zero-order valence-electron chi connectivity index (χ0n) is 18.9. The first-order chi connectivity index (χ1) is 14.7. The molecule has 0 aliphatic heterocycles. The molecular weight excluding hydrogens is 426 g/mol. The lowest BCUT2D eigenvalue weighted by molar-refractivity contribution is 0.0174. The fourth-order valence-electron chi connectivity index (χ4n) is 3.91. The first kappa shape index (κ1) is 25.7. The molecule has 0 amide bonds. The third kappa shape index (κ3) is 8.50. The van der Waals surface area contributed by atoms with Crippen molar-refractivity contribution in [2.45, 2.75) is 71.6 Å². The second-order valence-electron chi connectivity index (χ2n) is 8.49. The molecular formula is C27H34F2S2. The summed E-state index contributed by atoms with van der Waals surface area (Å²) in [5, 5.41) is 0. The largest absolute Gasteiger partial charge is 0.270 e. The minimum absolute atomic E-state index is 0.0405. The van der Waals surface area contributed by atoms with E-state index < -0.39 is 5.92 Å². The minimum Gasteiger partial charge on any atom is -0.202 e. The second-order valence-corrected chi connectivity index (χ2v) is 9.94. The van der Waals surface area contributed by atoms with Crippen molar-refractivity contribution in [2.75, 3.05) is 0 Å². The van der Waals surface area contributed by atoms with E-state index in [2.05, 4.69) is 19.6 Å². The number of rotatable bonds is 7. The molecule has 1 fully saturated rings. The van der Waals surface area contributed by atoms with Crippen molar-refractivity contribution < 1.29 is 8.78 Å². The van der Waals surface area contributed by atoms with Crippen molar-refractivity contribution in [3.63, 3.8) is 0 Å². The molecule has 2 aliphatic rings. The van der Waals surface area contributed by atoms with Crippen molar-refractivity contribution in [1.82, 2.24) is 0 Å². The van der Waals surface area contributed by atoms with E-state index in [4.69, 9.17) is 12.2 Å². The Kier molecular flexibility index (Phi) is 10.4. The van der Waals surface area contributed by atoms with Crippen molar-refractivity contribution in [1.29, 1.82) is 0 Å². The molecule has 1 saturated carbocycles. The van der Waals surface area contributed by atoms with Gasteiger partial charge in [0.1, 0.15) is 0 Å². The Labute approximate surface area is 196 Å². The summed E-state index contributed by atoms with van der Waals surface area (Å²) >= 11 is 6.35. The van der Waals surface area contributed by atoms with Gasteiger partial charge in [-0.3, -0.25) is 0 Å². The fourth-order valence-corrected chi connectivity index (χ4v) is 4.74. The third-order valence-corrected chi connectivity index (χ3v) is 6.95. The van der Waals surface area contributed by atoms with Crippen LogP contribution in [-0.2, 0) is 5.92 Å². The maximum Gasteiger partial charge on any atom is 0.270 e. The maximum absolute atomic E-state index is 13.5. The van der Waals surface area contributed by atoms with Crippen LogP contribution < -0.4 is 0 Å². The molecule has 0 unspecified atom stereocenters. The monoisotopic (exact) mass is 460 g/mol. The Morgan fingerprint density at radius 3 is 2.48 bits per heavy atom. The van der Waals surface area contributed by atoms with Crippen molar-refractivity contribution in [3.05, 3.63) is 76.3 Å². The van der Waals surface area contributed by atoms with Crippen LogP contribution >= 0.6 is 24.0 Å². The van der Waals surface area contributed by atoms with E-state index in [0.717, 1.165) is 40.0 Å². The highest BCUT2D eigenvalue weighted by Gasteiger charge is 2.24. The Morgan fingerprint density at radius 2 is 1.94 bits per heavy atom. The van der Waals surface area contributed by atoms with Gasteiger partial charge in [-0.05, 0) is 53.7 Å². The number of hydrogen-bond donors (Lipinski definition) is 0. The molecule has 0 nitrogen and oxygen atoms in total. The van der Waals surface area contributed by atoms with Gasteiger partial charge < -0.3 is 0 Å². The number of halogens is 2. The zero-order chi connectivity index (χ0) is 22.9. The summed E-state index contributed by atoms with van der Waals surface area (Å²) in [6, 6.07) is 6.57. The molecule has 168 valence electrons. The van der Waals surface area contributed by atoms with E-state index >= 15 is 0 Å². The molecule has 0 heterocycles. The number of hydrogen-bond acceptors (Lipinski definition) is 2. The van der Waals surface area contributed by atoms with Gasteiger partial charge in [0.05, 0.1) is 0 Å². The van der Waals surface area contributed by atoms with Crippen molar-refractivity contribution >= 4 is 34.3 Å². The van der Waals surface area contributed by atoms with Crippen LogP contribution in [0.3, 0.4) is 0 Å². The normalized spacial score (nSPS) is 17.4. The van der Waals surface area contributed by atoms with Crippen LogP contribution in [0.15, 0.2) is 65.1 Å². The van der Waals surface area contributed by atoms with Gasteiger partial charge in [-0.25, -0.2) is 8.78 Å². The first-order valence-electron chi connectivity index (χ1n) is 11.1. The molecule has 3 rings (SSSR count). The summed E-state index contributed by atoms with van der Waals surface area (Å²) in [6.07, 6.45) is 15.7. The average molecular weight is 461 g/mol. The lowest BCUT2D eigenvalue weighted by Crippen LogP contribution is -2.06. The van der Waals surface area contributed by atoms with Gasteiger partial charge >= 0.3 is 0 Å². The van der Waals surface area contributed by atoms with E-state index in [1.165, 1.54) is 56.4 Å². The number of alkyl halides is 2. The van der Waals surface area contributed by atoms with Gasteiger partial charge in [0.15, 0.2) is 0 Å². The number of allylic oxidation sites excluding steroid dienone is 6. The molecule has 0 aromatic heterocycles. The van der Waals surface area contributed by atoms with Gasteiger partial charge in [-0.2, -0.15) is 0 Å². The van der Waals surface area contributed by atoms with E-state index in [-0.39, 0.29) is 5.56 Å². The summed E-state index contributed by atoms with van der Waals surface area (Å²) in [5.41, 5.74) is 3.99. The summed E-state index contributed by atoms with van der Waals surface area (Å²) in [6.45, 7) is 9.12. The topological polar surface area (TPSA) is 0 Å². The Balaban J connectivity index is 0.000000357. The van der Waals surface area contributed by atoms with E-state index in [1.807, 2.05) is 25.1 Å². The van der Waals surface area contributed by atoms with Gasteiger partial charge in [0, 0.05) is 22.1 Å². The smallest absolute Gasteiger partial charge is 0.202 e. The van der Waals surface area contributed by atoms with Crippen LogP contribution in [0.1, 0.15) is 76.8 Å². The second kappa shape index (κ2) is 12.5. The molecule has 4 heteroatoms. The Hall–Kier alpha value is -1.52.